The number of pyridine rings is 1. The Morgan fingerprint density at radius 1 is 1.27 bits per heavy atom. The van der Waals surface area contributed by atoms with Crippen molar-refractivity contribution in [3.63, 3.8) is 0 Å². The second-order valence-electron chi connectivity index (χ2n) is 3.10. The Morgan fingerprint density at radius 2 is 2.13 bits per heavy atom. The van der Waals surface area contributed by atoms with Crippen molar-refractivity contribution in [1.29, 1.82) is 0 Å². The summed E-state index contributed by atoms with van der Waals surface area (Å²) in [4.78, 5) is 14.0. The molecule has 1 aromatic carbocycles. The van der Waals surface area contributed by atoms with E-state index < -0.39 is 0 Å². The van der Waals surface area contributed by atoms with Gasteiger partial charge in [-0.15, -0.1) is 0 Å². The Labute approximate surface area is 86.1 Å². The van der Waals surface area contributed by atoms with Crippen LogP contribution in [0.5, 0.6) is 5.75 Å². The van der Waals surface area contributed by atoms with Crippen molar-refractivity contribution in [2.24, 2.45) is 0 Å². The fraction of sp³-hybridized carbons (Fsp3) is 0.182. The number of H-pyrrole nitrogens is 1. The van der Waals surface area contributed by atoms with Crippen LogP contribution in [0.25, 0.3) is 10.8 Å². The van der Waals surface area contributed by atoms with Gasteiger partial charge in [-0.3, -0.25) is 4.79 Å². The van der Waals surface area contributed by atoms with Gasteiger partial charge in [-0.2, -0.15) is 0 Å². The largest absolute Gasteiger partial charge is 0.491 e. The summed E-state index contributed by atoms with van der Waals surface area (Å²) in [6, 6.07) is 7.05. The number of fused-ring (bicyclic) bond motifs is 1. The molecule has 0 bridgehead atoms. The standard InChI is InChI=1S/C11H11NO3/c13-6-7-15-10-3-1-2-9-8(10)4-5-12-11(9)14/h1-5,13H,6-7H2,(H,12,14). The molecule has 0 unspecified atom stereocenters. The maximum Gasteiger partial charge on any atom is 0.255 e. The summed E-state index contributed by atoms with van der Waals surface area (Å²) in [5.41, 5.74) is -0.137. The van der Waals surface area contributed by atoms with Crippen molar-refractivity contribution in [3.05, 3.63) is 40.8 Å². The summed E-state index contributed by atoms with van der Waals surface area (Å²) in [6.07, 6.45) is 1.58. The summed E-state index contributed by atoms with van der Waals surface area (Å²) >= 11 is 0. The molecule has 4 heteroatoms. The van der Waals surface area contributed by atoms with Crippen molar-refractivity contribution in [3.8, 4) is 5.75 Å². The number of benzene rings is 1. The molecule has 0 aliphatic rings. The minimum Gasteiger partial charge on any atom is -0.491 e. The van der Waals surface area contributed by atoms with Crippen LogP contribution in [0.2, 0.25) is 0 Å². The van der Waals surface area contributed by atoms with E-state index >= 15 is 0 Å². The molecule has 0 spiro atoms. The van der Waals surface area contributed by atoms with Crippen LogP contribution in [-0.2, 0) is 0 Å². The Kier molecular flexibility index (Phi) is 2.69. The van der Waals surface area contributed by atoms with E-state index in [1.165, 1.54) is 0 Å². The van der Waals surface area contributed by atoms with E-state index in [2.05, 4.69) is 4.98 Å². The number of ether oxygens (including phenoxy) is 1. The molecular formula is C11H11NO3. The van der Waals surface area contributed by atoms with Crippen LogP contribution in [-0.4, -0.2) is 23.3 Å². The predicted molar refractivity (Wildman–Crippen MR) is 57.1 cm³/mol. The van der Waals surface area contributed by atoms with Crippen LogP contribution in [0.1, 0.15) is 0 Å². The van der Waals surface area contributed by atoms with Gasteiger partial charge in [-0.1, -0.05) is 6.07 Å². The zero-order chi connectivity index (χ0) is 10.7. The third-order valence-electron chi connectivity index (χ3n) is 2.12. The lowest BCUT2D eigenvalue weighted by atomic mass is 10.1. The molecule has 0 aliphatic heterocycles. The molecule has 15 heavy (non-hydrogen) atoms. The quantitative estimate of drug-likeness (QED) is 0.782. The number of rotatable bonds is 3. The average Bonchev–Trinajstić information content (AvgIpc) is 2.27. The zero-order valence-electron chi connectivity index (χ0n) is 8.06. The highest BCUT2D eigenvalue weighted by molar-refractivity contribution is 5.87. The summed E-state index contributed by atoms with van der Waals surface area (Å²) in [6.45, 7) is 0.186. The second-order valence-corrected chi connectivity index (χ2v) is 3.10. The first-order valence-electron chi connectivity index (χ1n) is 4.67. The van der Waals surface area contributed by atoms with Crippen LogP contribution < -0.4 is 10.3 Å². The van der Waals surface area contributed by atoms with E-state index in [0.29, 0.717) is 11.1 Å². The minimum absolute atomic E-state index is 0.0421. The molecule has 0 radical (unpaired) electrons. The number of hydrogen-bond donors (Lipinski definition) is 2. The molecular weight excluding hydrogens is 194 g/mol. The highest BCUT2D eigenvalue weighted by atomic mass is 16.5. The average molecular weight is 205 g/mol. The van der Waals surface area contributed by atoms with Crippen molar-refractivity contribution in [1.82, 2.24) is 4.98 Å². The number of hydrogen-bond acceptors (Lipinski definition) is 3. The molecule has 0 amide bonds. The van der Waals surface area contributed by atoms with Gasteiger partial charge in [-0.25, -0.2) is 0 Å². The van der Waals surface area contributed by atoms with Gasteiger partial charge < -0.3 is 14.8 Å². The number of aromatic amines is 1. The Balaban J connectivity index is 2.56. The molecule has 4 nitrogen and oxygen atoms in total. The molecule has 78 valence electrons. The summed E-state index contributed by atoms with van der Waals surface area (Å²) in [5, 5.41) is 10.0. The van der Waals surface area contributed by atoms with Gasteiger partial charge in [0, 0.05) is 11.6 Å². The third kappa shape index (κ3) is 1.85. The van der Waals surface area contributed by atoms with E-state index in [-0.39, 0.29) is 18.8 Å². The number of aromatic nitrogens is 1. The highest BCUT2D eigenvalue weighted by Gasteiger charge is 2.03. The smallest absolute Gasteiger partial charge is 0.255 e. The van der Waals surface area contributed by atoms with E-state index in [9.17, 15) is 4.79 Å². The lowest BCUT2D eigenvalue weighted by Crippen LogP contribution is -2.06. The van der Waals surface area contributed by atoms with Crippen LogP contribution in [0.4, 0.5) is 0 Å². The first-order chi connectivity index (χ1) is 7.33. The van der Waals surface area contributed by atoms with Gasteiger partial charge in [0.2, 0.25) is 0 Å². The van der Waals surface area contributed by atoms with Crippen LogP contribution in [0.3, 0.4) is 0 Å². The lowest BCUT2D eigenvalue weighted by Gasteiger charge is -2.06. The summed E-state index contributed by atoms with van der Waals surface area (Å²) in [5.74, 6) is 0.618. The SMILES string of the molecule is O=c1[nH]ccc2c(OCCO)cccc12. The molecule has 2 rings (SSSR count). The Bertz CT molecular complexity index is 518. The normalized spacial score (nSPS) is 10.5. The van der Waals surface area contributed by atoms with E-state index in [4.69, 9.17) is 9.84 Å². The Morgan fingerprint density at radius 3 is 2.93 bits per heavy atom. The maximum atomic E-state index is 11.4. The first-order valence-corrected chi connectivity index (χ1v) is 4.67. The predicted octanol–water partition coefficient (Wildman–Crippen LogP) is 0.899. The number of nitrogens with one attached hydrogen (secondary N) is 1. The van der Waals surface area contributed by atoms with Crippen LogP contribution in [0.15, 0.2) is 35.3 Å². The molecule has 1 heterocycles. The fourth-order valence-electron chi connectivity index (χ4n) is 1.47. The van der Waals surface area contributed by atoms with Gasteiger partial charge in [0.05, 0.1) is 12.0 Å². The molecule has 0 fully saturated rings. The third-order valence-corrected chi connectivity index (χ3v) is 2.12. The maximum absolute atomic E-state index is 11.4. The van der Waals surface area contributed by atoms with E-state index in [1.807, 2.05) is 0 Å². The number of aliphatic hydroxyl groups excluding tert-OH is 1. The molecule has 0 aliphatic carbocycles. The monoisotopic (exact) mass is 205 g/mol. The van der Waals surface area contributed by atoms with E-state index in [0.717, 1.165) is 5.39 Å². The van der Waals surface area contributed by atoms with Crippen molar-refractivity contribution in [2.75, 3.05) is 13.2 Å². The first kappa shape index (κ1) is 9.73. The molecule has 1 aromatic heterocycles. The van der Waals surface area contributed by atoms with Gasteiger partial charge in [0.1, 0.15) is 12.4 Å². The minimum atomic E-state index is -0.137. The van der Waals surface area contributed by atoms with Crippen LogP contribution in [0, 0.1) is 0 Å². The lowest BCUT2D eigenvalue weighted by molar-refractivity contribution is 0.203. The van der Waals surface area contributed by atoms with Crippen molar-refractivity contribution in [2.45, 2.75) is 0 Å². The molecule has 0 saturated carbocycles. The molecule has 2 N–H and O–H groups in total. The Hall–Kier alpha value is -1.81. The van der Waals surface area contributed by atoms with Crippen molar-refractivity contribution >= 4 is 10.8 Å². The van der Waals surface area contributed by atoms with E-state index in [1.54, 1.807) is 30.5 Å². The van der Waals surface area contributed by atoms with Gasteiger partial charge in [-0.05, 0) is 18.2 Å². The summed E-state index contributed by atoms with van der Waals surface area (Å²) in [7, 11) is 0. The fourth-order valence-corrected chi connectivity index (χ4v) is 1.47. The zero-order valence-corrected chi connectivity index (χ0v) is 8.06. The van der Waals surface area contributed by atoms with Gasteiger partial charge in [0.15, 0.2) is 0 Å². The topological polar surface area (TPSA) is 62.3 Å². The molecule has 0 saturated heterocycles. The summed E-state index contributed by atoms with van der Waals surface area (Å²) < 4.78 is 5.32. The second kappa shape index (κ2) is 4.14. The van der Waals surface area contributed by atoms with Crippen LogP contribution >= 0.6 is 0 Å². The number of aliphatic hydroxyl groups is 1. The highest BCUT2D eigenvalue weighted by Crippen LogP contribution is 2.22. The van der Waals surface area contributed by atoms with Gasteiger partial charge in [0.25, 0.3) is 5.56 Å². The molecule has 0 atom stereocenters. The van der Waals surface area contributed by atoms with Crippen molar-refractivity contribution < 1.29 is 9.84 Å². The molecule has 2 aromatic rings. The van der Waals surface area contributed by atoms with Gasteiger partial charge >= 0.3 is 0 Å².